The molecule has 0 bridgehead atoms. The van der Waals surface area contributed by atoms with Gasteiger partial charge in [-0.2, -0.15) is 5.10 Å². The average Bonchev–Trinajstić information content (AvgIpc) is 2.81. The molecule has 0 aromatic heterocycles. The molecule has 1 N–H and O–H groups in total. The third kappa shape index (κ3) is 2.88. The molecule has 0 spiro atoms. The van der Waals surface area contributed by atoms with Gasteiger partial charge in [0.1, 0.15) is 6.54 Å². The Kier molecular flexibility index (Phi) is 4.27. The van der Waals surface area contributed by atoms with Crippen LogP contribution in [0.4, 0.5) is 4.79 Å². The summed E-state index contributed by atoms with van der Waals surface area (Å²) in [5, 5.41) is 7.12. The van der Waals surface area contributed by atoms with Crippen LogP contribution in [-0.4, -0.2) is 51.0 Å². The average molecular weight is 293 g/mol. The monoisotopic (exact) mass is 293 g/mol. The lowest BCUT2D eigenvalue weighted by atomic mass is 10.2. The van der Waals surface area contributed by atoms with Crippen LogP contribution in [0.15, 0.2) is 17.2 Å². The third-order valence-electron chi connectivity index (χ3n) is 2.85. The smallest absolute Gasteiger partial charge is 0.344 e. The number of hydrogen-bond donors (Lipinski definition) is 1. The van der Waals surface area contributed by atoms with E-state index in [1.54, 1.807) is 12.1 Å². The lowest BCUT2D eigenvalue weighted by Crippen LogP contribution is -2.24. The van der Waals surface area contributed by atoms with Gasteiger partial charge in [-0.05, 0) is 12.1 Å². The van der Waals surface area contributed by atoms with Crippen LogP contribution in [0.2, 0.25) is 0 Å². The Hall–Kier alpha value is -2.77. The number of hydrogen-bond acceptors (Lipinski definition) is 6. The zero-order valence-electron chi connectivity index (χ0n) is 11.9. The van der Waals surface area contributed by atoms with Crippen molar-refractivity contribution in [3.63, 3.8) is 0 Å². The van der Waals surface area contributed by atoms with Gasteiger partial charge in [0, 0.05) is 5.56 Å². The molecule has 0 saturated carbocycles. The Bertz CT molecular complexity index is 600. The highest BCUT2D eigenvalue weighted by atomic mass is 16.5. The molecular formula is C13H15N3O5. The summed E-state index contributed by atoms with van der Waals surface area (Å²) in [6.07, 6.45) is 1.42. The number of carbonyl (C=O) groups excluding carboxylic acids is 2. The van der Waals surface area contributed by atoms with Crippen molar-refractivity contribution in [1.82, 2.24) is 10.3 Å². The van der Waals surface area contributed by atoms with E-state index in [1.165, 1.54) is 27.5 Å². The van der Waals surface area contributed by atoms with Crippen molar-refractivity contribution in [2.45, 2.75) is 0 Å². The van der Waals surface area contributed by atoms with Gasteiger partial charge in [0.15, 0.2) is 11.5 Å². The Balaban J connectivity index is 2.32. The van der Waals surface area contributed by atoms with E-state index in [9.17, 15) is 9.59 Å². The summed E-state index contributed by atoms with van der Waals surface area (Å²) in [7, 11) is 4.50. The van der Waals surface area contributed by atoms with Gasteiger partial charge in [0.2, 0.25) is 11.7 Å². The zero-order chi connectivity index (χ0) is 15.4. The number of carbonyl (C=O) groups is 2. The molecule has 0 aliphatic carbocycles. The van der Waals surface area contributed by atoms with Crippen LogP contribution in [0.3, 0.4) is 0 Å². The molecule has 1 fully saturated rings. The first kappa shape index (κ1) is 14.6. The van der Waals surface area contributed by atoms with E-state index in [1.807, 2.05) is 0 Å². The van der Waals surface area contributed by atoms with Crippen molar-refractivity contribution >= 4 is 18.2 Å². The molecular weight excluding hydrogens is 278 g/mol. The van der Waals surface area contributed by atoms with Crippen LogP contribution in [0, 0.1) is 0 Å². The van der Waals surface area contributed by atoms with Crippen LogP contribution in [0.1, 0.15) is 5.56 Å². The summed E-state index contributed by atoms with van der Waals surface area (Å²) in [5.41, 5.74) is 0.585. The number of benzene rings is 1. The van der Waals surface area contributed by atoms with E-state index in [0.717, 1.165) is 5.01 Å². The number of urea groups is 1. The maximum Gasteiger partial charge on any atom is 0.344 e. The van der Waals surface area contributed by atoms with Crippen LogP contribution in [-0.2, 0) is 4.79 Å². The first-order valence-corrected chi connectivity index (χ1v) is 6.05. The summed E-state index contributed by atoms with van der Waals surface area (Å²) in [6.45, 7) is -0.106. The lowest BCUT2D eigenvalue weighted by Gasteiger charge is -2.14. The number of nitrogens with zero attached hydrogens (tertiary/aromatic N) is 2. The van der Waals surface area contributed by atoms with E-state index in [2.05, 4.69) is 10.4 Å². The number of methoxy groups -OCH3 is 3. The van der Waals surface area contributed by atoms with E-state index in [0.29, 0.717) is 22.8 Å². The van der Waals surface area contributed by atoms with Crippen LogP contribution < -0.4 is 19.5 Å². The Labute approximate surface area is 121 Å². The van der Waals surface area contributed by atoms with E-state index < -0.39 is 11.9 Å². The molecule has 21 heavy (non-hydrogen) atoms. The second-order valence-corrected chi connectivity index (χ2v) is 4.08. The van der Waals surface area contributed by atoms with Gasteiger partial charge in [0.05, 0.1) is 27.5 Å². The van der Waals surface area contributed by atoms with Crippen molar-refractivity contribution in [3.8, 4) is 17.2 Å². The molecule has 1 aliphatic heterocycles. The van der Waals surface area contributed by atoms with Crippen molar-refractivity contribution in [2.24, 2.45) is 5.10 Å². The van der Waals surface area contributed by atoms with Gasteiger partial charge in [-0.1, -0.05) is 0 Å². The van der Waals surface area contributed by atoms with E-state index in [4.69, 9.17) is 14.2 Å². The highest BCUT2D eigenvalue weighted by Crippen LogP contribution is 2.39. The van der Waals surface area contributed by atoms with Gasteiger partial charge in [-0.15, -0.1) is 0 Å². The summed E-state index contributed by atoms with van der Waals surface area (Å²) < 4.78 is 15.7. The largest absolute Gasteiger partial charge is 0.493 e. The summed E-state index contributed by atoms with van der Waals surface area (Å²) in [5.74, 6) is 0.967. The van der Waals surface area contributed by atoms with Crippen molar-refractivity contribution < 1.29 is 23.8 Å². The van der Waals surface area contributed by atoms with Crippen molar-refractivity contribution in [2.75, 3.05) is 27.9 Å². The maximum absolute atomic E-state index is 11.4. The molecule has 1 saturated heterocycles. The fraction of sp³-hybridized carbons (Fsp3) is 0.308. The van der Waals surface area contributed by atoms with Gasteiger partial charge in [-0.3, -0.25) is 10.1 Å². The van der Waals surface area contributed by atoms with E-state index in [-0.39, 0.29) is 6.54 Å². The van der Waals surface area contributed by atoms with Gasteiger partial charge < -0.3 is 14.2 Å². The molecule has 1 heterocycles. The Morgan fingerprint density at radius 3 is 2.38 bits per heavy atom. The molecule has 112 valence electrons. The highest BCUT2D eigenvalue weighted by Gasteiger charge is 2.26. The number of rotatable bonds is 5. The number of amides is 3. The first-order valence-electron chi connectivity index (χ1n) is 6.05. The van der Waals surface area contributed by atoms with Crippen LogP contribution in [0.25, 0.3) is 0 Å². The second kappa shape index (κ2) is 6.12. The maximum atomic E-state index is 11.4. The topological polar surface area (TPSA) is 89.5 Å². The summed E-state index contributed by atoms with van der Waals surface area (Å²) in [6, 6.07) is 2.84. The summed E-state index contributed by atoms with van der Waals surface area (Å²) >= 11 is 0. The zero-order valence-corrected chi connectivity index (χ0v) is 11.9. The number of hydrazone groups is 1. The molecule has 1 aliphatic rings. The fourth-order valence-electron chi connectivity index (χ4n) is 1.88. The molecule has 0 atom stereocenters. The molecule has 0 unspecified atom stereocenters. The van der Waals surface area contributed by atoms with Gasteiger partial charge in [-0.25, -0.2) is 9.80 Å². The molecule has 8 nitrogen and oxygen atoms in total. The number of nitrogens with one attached hydrogen (secondary N) is 1. The molecule has 0 radical (unpaired) electrons. The van der Waals surface area contributed by atoms with Crippen molar-refractivity contribution in [3.05, 3.63) is 17.7 Å². The van der Waals surface area contributed by atoms with Gasteiger partial charge in [0.25, 0.3) is 0 Å². The predicted octanol–water partition coefficient (Wildman–Crippen LogP) is 0.598. The predicted molar refractivity (Wildman–Crippen MR) is 73.9 cm³/mol. The lowest BCUT2D eigenvalue weighted by molar-refractivity contribution is -0.118. The quantitative estimate of drug-likeness (QED) is 0.634. The molecule has 1 aromatic carbocycles. The minimum atomic E-state index is -0.560. The standard InChI is InChI=1S/C13H15N3O5/c1-19-9-5-4-8(11(20-2)12(9)21-3)6-14-16-7-10(17)15-13(16)18/h4-6H,7H2,1-3H3,(H,15,17,18)/b14-6-. The van der Waals surface area contributed by atoms with E-state index >= 15 is 0 Å². The van der Waals surface area contributed by atoms with Crippen LogP contribution >= 0.6 is 0 Å². The van der Waals surface area contributed by atoms with Crippen molar-refractivity contribution in [1.29, 1.82) is 0 Å². The number of imide groups is 1. The number of ether oxygens (including phenoxy) is 3. The first-order chi connectivity index (χ1) is 10.1. The second-order valence-electron chi connectivity index (χ2n) is 4.08. The van der Waals surface area contributed by atoms with Crippen LogP contribution in [0.5, 0.6) is 17.2 Å². The minimum Gasteiger partial charge on any atom is -0.493 e. The molecule has 1 aromatic rings. The highest BCUT2D eigenvalue weighted by molar-refractivity contribution is 6.02. The fourth-order valence-corrected chi connectivity index (χ4v) is 1.88. The molecule has 2 rings (SSSR count). The Morgan fingerprint density at radius 2 is 1.86 bits per heavy atom. The molecule has 3 amide bonds. The Morgan fingerprint density at radius 1 is 1.14 bits per heavy atom. The minimum absolute atomic E-state index is 0.106. The van der Waals surface area contributed by atoms with Gasteiger partial charge >= 0.3 is 6.03 Å². The summed E-state index contributed by atoms with van der Waals surface area (Å²) in [4.78, 5) is 22.5. The SMILES string of the molecule is COc1ccc(/C=N\N2CC(=O)NC2=O)c(OC)c1OC. The molecule has 8 heteroatoms. The normalized spacial score (nSPS) is 14.5. The third-order valence-corrected chi connectivity index (χ3v) is 2.85.